The molecule has 0 radical (unpaired) electrons. The molecule has 8 N–H and O–H groups in total. The Morgan fingerprint density at radius 3 is 1.95 bits per heavy atom. The van der Waals surface area contributed by atoms with Crippen LogP contribution in [0.1, 0.15) is 32.0 Å². The van der Waals surface area contributed by atoms with E-state index in [9.17, 15) is 4.79 Å². The lowest BCUT2D eigenvalue weighted by Gasteiger charge is -1.97. The summed E-state index contributed by atoms with van der Waals surface area (Å²) >= 11 is 0. The summed E-state index contributed by atoms with van der Waals surface area (Å²) in [5, 5.41) is 18.2. The van der Waals surface area contributed by atoms with Crippen LogP contribution in [0.15, 0.2) is 18.7 Å². The number of aromatic nitrogens is 2. The summed E-state index contributed by atoms with van der Waals surface area (Å²) in [7, 11) is 0. The third-order valence-corrected chi connectivity index (χ3v) is 1.21. The Kier molecular flexibility index (Phi) is 15.1. The quantitative estimate of drug-likeness (QED) is 0.278. The van der Waals surface area contributed by atoms with E-state index < -0.39 is 0 Å². The summed E-state index contributed by atoms with van der Waals surface area (Å²) in [6, 6.07) is 0. The molecule has 9 heteroatoms. The summed E-state index contributed by atoms with van der Waals surface area (Å²) in [6.45, 7) is 4.77. The van der Waals surface area contributed by atoms with Crippen LogP contribution >= 0.6 is 0 Å². The molecule has 1 heterocycles. The van der Waals surface area contributed by atoms with E-state index in [0.29, 0.717) is 11.5 Å². The average Bonchev–Trinajstić information content (AvgIpc) is 2.66. The van der Waals surface area contributed by atoms with Gasteiger partial charge in [-0.3, -0.25) is 25.9 Å². The van der Waals surface area contributed by atoms with Gasteiger partial charge in [0.05, 0.1) is 12.3 Å². The molecular formula is C11H22ClN7O. The summed E-state index contributed by atoms with van der Waals surface area (Å²) in [5.41, 5.74) is 9.86. The number of halogens is 1. The fraction of sp³-hybridized carbons (Fsp3) is 0.364. The first-order chi connectivity index (χ1) is 8.66. The predicted octanol–water partition coefficient (Wildman–Crippen LogP) is -3.98. The third kappa shape index (κ3) is 21.1. The second kappa shape index (κ2) is 13.2. The molecule has 0 aliphatic heterocycles. The Morgan fingerprint density at radius 1 is 1.30 bits per heavy atom. The van der Waals surface area contributed by atoms with E-state index in [0.717, 1.165) is 0 Å². The molecule has 1 aromatic rings. The molecule has 0 bridgehead atoms. The van der Waals surface area contributed by atoms with Gasteiger partial charge < -0.3 is 23.5 Å². The van der Waals surface area contributed by atoms with Gasteiger partial charge in [0.15, 0.2) is 0 Å². The van der Waals surface area contributed by atoms with Crippen molar-refractivity contribution in [3.63, 3.8) is 0 Å². The van der Waals surface area contributed by atoms with E-state index in [2.05, 4.69) is 4.98 Å². The number of imidazole rings is 1. The SMILES string of the molecule is CC(=N)CC(=O)n1ccnc1.CC(=N)N.CC(N)=[NH2+].[Cl-]. The maximum atomic E-state index is 11.1. The lowest BCUT2D eigenvalue weighted by atomic mass is 10.3. The lowest BCUT2D eigenvalue weighted by molar-refractivity contribution is -0.115. The largest absolute Gasteiger partial charge is 1.00 e. The van der Waals surface area contributed by atoms with E-state index in [1.165, 1.54) is 24.0 Å². The maximum absolute atomic E-state index is 11.1. The summed E-state index contributed by atoms with van der Waals surface area (Å²) in [5.74, 6) is 0.468. The van der Waals surface area contributed by atoms with Crippen molar-refractivity contribution < 1.29 is 22.6 Å². The normalized spacial score (nSPS) is 7.75. The summed E-state index contributed by atoms with van der Waals surface area (Å²) < 4.78 is 1.37. The topological polar surface area (TPSA) is 160 Å². The number of rotatable bonds is 2. The molecule has 0 amide bonds. The first-order valence-electron chi connectivity index (χ1n) is 5.37. The van der Waals surface area contributed by atoms with Crippen molar-refractivity contribution in [1.82, 2.24) is 9.55 Å². The fourth-order valence-electron chi connectivity index (χ4n) is 0.725. The molecular weight excluding hydrogens is 282 g/mol. The van der Waals surface area contributed by atoms with Crippen molar-refractivity contribution in [3.8, 4) is 0 Å². The highest BCUT2D eigenvalue weighted by molar-refractivity contribution is 5.99. The molecule has 114 valence electrons. The zero-order valence-electron chi connectivity index (χ0n) is 11.9. The van der Waals surface area contributed by atoms with E-state index in [4.69, 9.17) is 27.7 Å². The monoisotopic (exact) mass is 303 g/mol. The van der Waals surface area contributed by atoms with Crippen LogP contribution in [0.3, 0.4) is 0 Å². The Hall–Kier alpha value is -2.22. The van der Waals surface area contributed by atoms with E-state index in [1.54, 1.807) is 20.0 Å². The van der Waals surface area contributed by atoms with Gasteiger partial charge in [-0.25, -0.2) is 4.98 Å². The second-order valence-electron chi connectivity index (χ2n) is 3.75. The van der Waals surface area contributed by atoms with Gasteiger partial charge in [-0.2, -0.15) is 0 Å². The summed E-state index contributed by atoms with van der Waals surface area (Å²) in [4.78, 5) is 14.8. The van der Waals surface area contributed by atoms with Crippen molar-refractivity contribution in [2.45, 2.75) is 27.2 Å². The summed E-state index contributed by atoms with van der Waals surface area (Å²) in [6.07, 6.45) is 4.71. The number of carbonyl (C=O) groups excluding carboxylic acids is 1. The highest BCUT2D eigenvalue weighted by atomic mass is 35.5. The van der Waals surface area contributed by atoms with E-state index >= 15 is 0 Å². The van der Waals surface area contributed by atoms with Crippen molar-refractivity contribution in [1.29, 1.82) is 10.8 Å². The van der Waals surface area contributed by atoms with Crippen LogP contribution < -0.4 is 29.3 Å². The van der Waals surface area contributed by atoms with Crippen LogP contribution in [0.4, 0.5) is 0 Å². The van der Waals surface area contributed by atoms with Crippen molar-refractivity contribution in [3.05, 3.63) is 18.7 Å². The average molecular weight is 304 g/mol. The minimum atomic E-state index is -0.116. The molecule has 0 fully saturated rings. The number of nitrogens with zero attached hydrogens (tertiary/aromatic N) is 2. The molecule has 0 aliphatic carbocycles. The fourth-order valence-corrected chi connectivity index (χ4v) is 0.725. The van der Waals surface area contributed by atoms with Gasteiger partial charge in [0, 0.05) is 25.0 Å². The first-order valence-corrected chi connectivity index (χ1v) is 5.37. The van der Waals surface area contributed by atoms with Crippen molar-refractivity contribution >= 4 is 23.3 Å². The first kappa shape index (κ1) is 22.9. The van der Waals surface area contributed by atoms with E-state index in [-0.39, 0.29) is 30.6 Å². The van der Waals surface area contributed by atoms with Gasteiger partial charge in [-0.15, -0.1) is 0 Å². The van der Waals surface area contributed by atoms with Crippen LogP contribution in [-0.4, -0.2) is 32.8 Å². The molecule has 1 rings (SSSR count). The van der Waals surface area contributed by atoms with Crippen LogP contribution in [-0.2, 0) is 0 Å². The van der Waals surface area contributed by atoms with Gasteiger partial charge in [0.2, 0.25) is 11.7 Å². The molecule has 20 heavy (non-hydrogen) atoms. The predicted molar refractivity (Wildman–Crippen MR) is 75.3 cm³/mol. The van der Waals surface area contributed by atoms with Gasteiger partial charge in [0.25, 0.3) is 0 Å². The second-order valence-corrected chi connectivity index (χ2v) is 3.75. The molecule has 0 saturated carbocycles. The highest BCUT2D eigenvalue weighted by Crippen LogP contribution is 1.91. The Labute approximate surface area is 124 Å². The number of nitrogens with two attached hydrogens (primary N) is 3. The zero-order valence-corrected chi connectivity index (χ0v) is 12.6. The number of nitrogens with one attached hydrogen (secondary N) is 2. The Bertz CT molecular complexity index is 408. The number of amidine groups is 2. The van der Waals surface area contributed by atoms with Crippen LogP contribution in [0.2, 0.25) is 0 Å². The van der Waals surface area contributed by atoms with Crippen LogP contribution in [0.5, 0.6) is 0 Å². The molecule has 8 nitrogen and oxygen atoms in total. The van der Waals surface area contributed by atoms with Crippen LogP contribution in [0, 0.1) is 10.8 Å². The maximum Gasteiger partial charge on any atom is 0.237 e. The molecule has 0 atom stereocenters. The molecule has 0 aromatic carbocycles. The van der Waals surface area contributed by atoms with Crippen molar-refractivity contribution in [2.75, 3.05) is 0 Å². The van der Waals surface area contributed by atoms with Gasteiger partial charge in [-0.05, 0) is 13.8 Å². The highest BCUT2D eigenvalue weighted by Gasteiger charge is 2.03. The standard InChI is InChI=1S/C7H9N3O.2C2H6N2.ClH/c1-6(8)4-7(11)10-3-2-9-5-10;2*1-2(3)4;/h2-3,5,8H,4H2,1H3;2*1H3,(H3,3,4);1H. The van der Waals surface area contributed by atoms with Crippen LogP contribution in [0.25, 0.3) is 0 Å². The molecule has 0 saturated heterocycles. The van der Waals surface area contributed by atoms with Gasteiger partial charge in [0.1, 0.15) is 6.33 Å². The van der Waals surface area contributed by atoms with Gasteiger partial charge >= 0.3 is 0 Å². The Balaban J connectivity index is -0.000000272. The zero-order chi connectivity index (χ0) is 15.4. The molecule has 1 aromatic heterocycles. The third-order valence-electron chi connectivity index (χ3n) is 1.21. The smallest absolute Gasteiger partial charge is 0.237 e. The molecule has 0 unspecified atom stereocenters. The lowest BCUT2D eigenvalue weighted by Crippen LogP contribution is -3.00. The number of hydrogen-bond donors (Lipinski definition) is 5. The number of carbonyl (C=O) groups is 1. The number of hydrogen-bond acceptors (Lipinski definition) is 4. The van der Waals surface area contributed by atoms with Crippen molar-refractivity contribution in [2.24, 2.45) is 11.5 Å². The molecule has 0 aliphatic rings. The Morgan fingerprint density at radius 2 is 1.70 bits per heavy atom. The van der Waals surface area contributed by atoms with Gasteiger partial charge in [-0.1, -0.05) is 0 Å². The minimum Gasteiger partial charge on any atom is -1.00 e. The molecule has 0 spiro atoms. The minimum absolute atomic E-state index is 0. The van der Waals surface area contributed by atoms with E-state index in [1.807, 2.05) is 0 Å².